The molecule has 0 aliphatic carbocycles. The van der Waals surface area contributed by atoms with Crippen molar-refractivity contribution in [2.24, 2.45) is 5.73 Å². The Morgan fingerprint density at radius 3 is 2.29 bits per heavy atom. The van der Waals surface area contributed by atoms with E-state index in [9.17, 15) is 8.42 Å². The highest BCUT2D eigenvalue weighted by molar-refractivity contribution is 7.90. The van der Waals surface area contributed by atoms with E-state index in [1.165, 1.54) is 6.26 Å². The highest BCUT2D eigenvalue weighted by Gasteiger charge is 2.25. The molecule has 0 radical (unpaired) electrons. The van der Waals surface area contributed by atoms with Gasteiger partial charge in [-0.2, -0.15) is 0 Å². The van der Waals surface area contributed by atoms with Crippen LogP contribution in [0.1, 0.15) is 13.8 Å². The maximum Gasteiger partial charge on any atom is 0.177 e. The molecule has 4 nitrogen and oxygen atoms in total. The third-order valence-corrected chi connectivity index (χ3v) is 4.18. The molecule has 0 spiro atoms. The van der Waals surface area contributed by atoms with Crippen molar-refractivity contribution in [3.8, 4) is 0 Å². The molecule has 1 aromatic carbocycles. The van der Waals surface area contributed by atoms with Crippen LogP contribution in [0.3, 0.4) is 0 Å². The molecule has 1 aromatic rings. The van der Waals surface area contributed by atoms with Crippen molar-refractivity contribution in [3.63, 3.8) is 0 Å². The van der Waals surface area contributed by atoms with E-state index >= 15 is 0 Å². The number of sulfone groups is 1. The summed E-state index contributed by atoms with van der Waals surface area (Å²) in [6.45, 7) is 4.40. The van der Waals surface area contributed by atoms with Crippen molar-refractivity contribution in [2.75, 3.05) is 24.7 Å². The minimum Gasteiger partial charge on any atom is -0.367 e. The number of anilines is 1. The van der Waals surface area contributed by atoms with Crippen LogP contribution in [-0.2, 0) is 9.84 Å². The molecule has 0 aliphatic rings. The minimum absolute atomic E-state index is 0.291. The molecule has 0 aromatic heterocycles. The van der Waals surface area contributed by atoms with Gasteiger partial charge in [-0.05, 0) is 26.0 Å². The Bertz CT molecular complexity index is 495. The summed E-state index contributed by atoms with van der Waals surface area (Å²) in [6, 6.07) is 6.97. The molecular weight excluding hydrogens is 236 g/mol. The number of benzene rings is 1. The topological polar surface area (TPSA) is 63.4 Å². The van der Waals surface area contributed by atoms with Gasteiger partial charge in [-0.25, -0.2) is 8.42 Å². The average molecular weight is 256 g/mol. The second-order valence-electron chi connectivity index (χ2n) is 4.82. The van der Waals surface area contributed by atoms with Gasteiger partial charge in [0, 0.05) is 25.4 Å². The Morgan fingerprint density at radius 2 is 1.82 bits per heavy atom. The molecule has 0 unspecified atom stereocenters. The molecule has 2 N–H and O–H groups in total. The summed E-state index contributed by atoms with van der Waals surface area (Å²) < 4.78 is 23.4. The number of likely N-dealkylation sites (N-methyl/N-ethyl adjacent to an activating group) is 1. The number of nitrogens with zero attached hydrogens (tertiary/aromatic N) is 1. The molecule has 0 heterocycles. The predicted molar refractivity (Wildman–Crippen MR) is 71.1 cm³/mol. The normalized spacial score (nSPS) is 12.5. The van der Waals surface area contributed by atoms with Gasteiger partial charge in [-0.3, -0.25) is 0 Å². The van der Waals surface area contributed by atoms with Gasteiger partial charge in [0.25, 0.3) is 0 Å². The molecule has 17 heavy (non-hydrogen) atoms. The van der Waals surface area contributed by atoms with Crippen LogP contribution < -0.4 is 10.6 Å². The van der Waals surface area contributed by atoms with Crippen molar-refractivity contribution >= 4 is 15.5 Å². The van der Waals surface area contributed by atoms with Crippen LogP contribution in [0, 0.1) is 0 Å². The van der Waals surface area contributed by atoms with Crippen LogP contribution in [-0.4, -0.2) is 33.8 Å². The molecular formula is C12H20N2O2S. The average Bonchev–Trinajstić information content (AvgIpc) is 2.27. The van der Waals surface area contributed by atoms with E-state index in [0.29, 0.717) is 17.1 Å². The third-order valence-electron chi connectivity index (χ3n) is 3.03. The fraction of sp³-hybridized carbons (Fsp3) is 0.500. The minimum atomic E-state index is -3.23. The first kappa shape index (κ1) is 14.0. The molecule has 0 saturated carbocycles. The van der Waals surface area contributed by atoms with E-state index in [4.69, 9.17) is 5.73 Å². The summed E-state index contributed by atoms with van der Waals surface area (Å²) in [5, 5.41) is 0. The van der Waals surface area contributed by atoms with Crippen molar-refractivity contribution in [3.05, 3.63) is 24.3 Å². The van der Waals surface area contributed by atoms with E-state index in [0.717, 1.165) is 0 Å². The van der Waals surface area contributed by atoms with Gasteiger partial charge >= 0.3 is 0 Å². The van der Waals surface area contributed by atoms with Gasteiger partial charge in [0.15, 0.2) is 9.84 Å². The van der Waals surface area contributed by atoms with Crippen molar-refractivity contribution in [1.29, 1.82) is 0 Å². The molecule has 0 fully saturated rings. The zero-order valence-electron chi connectivity index (χ0n) is 10.8. The van der Waals surface area contributed by atoms with Gasteiger partial charge in [0.2, 0.25) is 0 Å². The SMILES string of the molecule is CN(c1ccccc1S(C)(=O)=O)C(C)(C)CN. The molecule has 0 saturated heterocycles. The zero-order chi connectivity index (χ0) is 13.3. The second kappa shape index (κ2) is 4.66. The van der Waals surface area contributed by atoms with E-state index in [-0.39, 0.29) is 5.54 Å². The first-order valence-electron chi connectivity index (χ1n) is 5.43. The number of rotatable bonds is 4. The molecule has 1 rings (SSSR count). The summed E-state index contributed by atoms with van der Waals surface area (Å²) >= 11 is 0. The summed E-state index contributed by atoms with van der Waals surface area (Å²) in [5.74, 6) is 0. The molecule has 5 heteroatoms. The summed E-state index contributed by atoms with van der Waals surface area (Å²) in [5.41, 5.74) is 6.11. The lowest BCUT2D eigenvalue weighted by atomic mass is 10.0. The lowest BCUT2D eigenvalue weighted by Crippen LogP contribution is -2.47. The Hall–Kier alpha value is -1.07. The fourth-order valence-electron chi connectivity index (χ4n) is 1.51. The Labute approximate surface area is 103 Å². The molecule has 96 valence electrons. The van der Waals surface area contributed by atoms with Gasteiger partial charge in [-0.15, -0.1) is 0 Å². The van der Waals surface area contributed by atoms with Crippen molar-refractivity contribution < 1.29 is 8.42 Å². The van der Waals surface area contributed by atoms with Crippen LogP contribution in [0.15, 0.2) is 29.2 Å². The van der Waals surface area contributed by atoms with Crippen LogP contribution >= 0.6 is 0 Å². The first-order chi connectivity index (χ1) is 7.70. The third kappa shape index (κ3) is 2.98. The lowest BCUT2D eigenvalue weighted by molar-refractivity contribution is 0.495. The van der Waals surface area contributed by atoms with Crippen LogP contribution in [0.4, 0.5) is 5.69 Å². The number of para-hydroxylation sites is 1. The second-order valence-corrected chi connectivity index (χ2v) is 6.80. The highest BCUT2D eigenvalue weighted by atomic mass is 32.2. The quantitative estimate of drug-likeness (QED) is 0.881. The molecule has 0 bridgehead atoms. The molecule has 0 atom stereocenters. The standard InChI is InChI=1S/C12H20N2O2S/c1-12(2,9-13)14(3)10-7-5-6-8-11(10)17(4,15)16/h5-8H,9,13H2,1-4H3. The van der Waals surface area contributed by atoms with Crippen LogP contribution in [0.25, 0.3) is 0 Å². The van der Waals surface area contributed by atoms with Gasteiger partial charge in [-0.1, -0.05) is 12.1 Å². The summed E-state index contributed by atoms with van der Waals surface area (Å²) in [4.78, 5) is 2.24. The largest absolute Gasteiger partial charge is 0.367 e. The zero-order valence-corrected chi connectivity index (χ0v) is 11.6. The summed E-state index contributed by atoms with van der Waals surface area (Å²) in [7, 11) is -1.37. The smallest absolute Gasteiger partial charge is 0.177 e. The Morgan fingerprint density at radius 1 is 1.29 bits per heavy atom. The predicted octanol–water partition coefficient (Wildman–Crippen LogP) is 1.26. The van der Waals surface area contributed by atoms with E-state index in [1.54, 1.807) is 18.2 Å². The van der Waals surface area contributed by atoms with Gasteiger partial charge in [0.05, 0.1) is 10.6 Å². The van der Waals surface area contributed by atoms with E-state index in [2.05, 4.69) is 0 Å². The highest BCUT2D eigenvalue weighted by Crippen LogP contribution is 2.28. The summed E-state index contributed by atoms with van der Waals surface area (Å²) in [6.07, 6.45) is 1.22. The fourth-order valence-corrected chi connectivity index (χ4v) is 2.42. The number of hydrogen-bond donors (Lipinski definition) is 1. The Kier molecular flexibility index (Phi) is 3.84. The number of nitrogens with two attached hydrogens (primary N) is 1. The van der Waals surface area contributed by atoms with Gasteiger partial charge < -0.3 is 10.6 Å². The van der Waals surface area contributed by atoms with Gasteiger partial charge in [0.1, 0.15) is 0 Å². The van der Waals surface area contributed by atoms with E-state index in [1.807, 2.05) is 31.9 Å². The number of hydrogen-bond acceptors (Lipinski definition) is 4. The first-order valence-corrected chi connectivity index (χ1v) is 7.32. The van der Waals surface area contributed by atoms with Crippen LogP contribution in [0.2, 0.25) is 0 Å². The van der Waals surface area contributed by atoms with Crippen molar-refractivity contribution in [1.82, 2.24) is 0 Å². The maximum absolute atomic E-state index is 11.7. The monoisotopic (exact) mass is 256 g/mol. The lowest BCUT2D eigenvalue weighted by Gasteiger charge is -2.37. The Balaban J connectivity index is 3.33. The maximum atomic E-state index is 11.7. The molecule has 0 aliphatic heterocycles. The molecule has 0 amide bonds. The van der Waals surface area contributed by atoms with E-state index < -0.39 is 9.84 Å². The van der Waals surface area contributed by atoms with Crippen LogP contribution in [0.5, 0.6) is 0 Å². The van der Waals surface area contributed by atoms with Crippen molar-refractivity contribution in [2.45, 2.75) is 24.3 Å².